The summed E-state index contributed by atoms with van der Waals surface area (Å²) in [6.07, 6.45) is 0. The van der Waals surface area contributed by atoms with Crippen molar-refractivity contribution in [3.8, 4) is 0 Å². The SMILES string of the molecule is CC(C)P(C(C)C)C(C)C.[Cu+].c1cc[cH-]c1. The molecule has 0 spiro atoms. The molecule has 0 radical (unpaired) electrons. The molecule has 1 rings (SSSR count). The van der Waals surface area contributed by atoms with E-state index in [-0.39, 0.29) is 25.0 Å². The summed E-state index contributed by atoms with van der Waals surface area (Å²) in [5.41, 5.74) is 2.69. The molecular formula is C14H26CuP. The maximum Gasteiger partial charge on any atom is 1.00 e. The molecule has 0 fully saturated rings. The maximum absolute atomic E-state index is 2.35. The summed E-state index contributed by atoms with van der Waals surface area (Å²) in [6.45, 7) is 14.1. The van der Waals surface area contributed by atoms with E-state index < -0.39 is 0 Å². The van der Waals surface area contributed by atoms with Gasteiger partial charge in [0.2, 0.25) is 0 Å². The van der Waals surface area contributed by atoms with Gasteiger partial charge in [-0.05, 0) is 17.0 Å². The number of hydrogen-bond donors (Lipinski definition) is 0. The first kappa shape index (κ1) is 18.7. The quantitative estimate of drug-likeness (QED) is 0.412. The molecule has 0 N–H and O–H groups in total. The van der Waals surface area contributed by atoms with Crippen molar-refractivity contribution >= 4 is 7.92 Å². The molecule has 0 aliphatic carbocycles. The van der Waals surface area contributed by atoms with Crippen molar-refractivity contribution in [2.75, 3.05) is 0 Å². The fraction of sp³-hybridized carbons (Fsp3) is 0.643. The van der Waals surface area contributed by atoms with Gasteiger partial charge in [0.1, 0.15) is 0 Å². The molecule has 0 amide bonds. The zero-order valence-electron chi connectivity index (χ0n) is 11.4. The molecule has 1 aromatic rings. The molecule has 0 saturated heterocycles. The second-order valence-electron chi connectivity index (χ2n) is 4.69. The third-order valence-electron chi connectivity index (χ3n) is 2.34. The van der Waals surface area contributed by atoms with Crippen LogP contribution in [0.25, 0.3) is 0 Å². The van der Waals surface area contributed by atoms with Crippen LogP contribution in [-0.4, -0.2) is 17.0 Å². The molecule has 0 aliphatic rings. The van der Waals surface area contributed by atoms with Crippen LogP contribution in [0.3, 0.4) is 0 Å². The van der Waals surface area contributed by atoms with Gasteiger partial charge in [0.25, 0.3) is 0 Å². The summed E-state index contributed by atoms with van der Waals surface area (Å²) < 4.78 is 0. The first-order chi connectivity index (χ1) is 6.96. The predicted molar refractivity (Wildman–Crippen MR) is 74.4 cm³/mol. The minimum Gasteiger partial charge on any atom is -0.214 e. The van der Waals surface area contributed by atoms with Gasteiger partial charge in [0.05, 0.1) is 0 Å². The molecular weight excluding hydrogens is 263 g/mol. The van der Waals surface area contributed by atoms with Gasteiger partial charge in [0.15, 0.2) is 0 Å². The Morgan fingerprint density at radius 3 is 1.12 bits per heavy atom. The van der Waals surface area contributed by atoms with Crippen molar-refractivity contribution in [2.24, 2.45) is 0 Å². The van der Waals surface area contributed by atoms with Crippen LogP contribution in [-0.2, 0) is 17.1 Å². The summed E-state index contributed by atoms with van der Waals surface area (Å²) in [5, 5.41) is 0. The summed E-state index contributed by atoms with van der Waals surface area (Å²) in [4.78, 5) is 0. The van der Waals surface area contributed by atoms with Crippen molar-refractivity contribution in [1.82, 2.24) is 0 Å². The van der Waals surface area contributed by atoms with Crippen molar-refractivity contribution < 1.29 is 17.1 Å². The van der Waals surface area contributed by atoms with Crippen LogP contribution in [0.4, 0.5) is 0 Å². The van der Waals surface area contributed by atoms with Crippen LogP contribution in [0, 0.1) is 0 Å². The van der Waals surface area contributed by atoms with Gasteiger partial charge in [-0.15, -0.1) is 0 Å². The monoisotopic (exact) mass is 288 g/mol. The summed E-state index contributed by atoms with van der Waals surface area (Å²) in [5.74, 6) is 0. The molecule has 16 heavy (non-hydrogen) atoms. The van der Waals surface area contributed by atoms with E-state index in [1.54, 1.807) is 0 Å². The molecule has 0 saturated carbocycles. The third-order valence-corrected chi connectivity index (χ3v) is 5.92. The van der Waals surface area contributed by atoms with Gasteiger partial charge in [-0.2, -0.15) is 18.2 Å². The van der Waals surface area contributed by atoms with Crippen LogP contribution < -0.4 is 0 Å². The second-order valence-corrected chi connectivity index (χ2v) is 8.68. The van der Waals surface area contributed by atoms with E-state index in [0.717, 1.165) is 17.0 Å². The van der Waals surface area contributed by atoms with Crippen molar-refractivity contribution in [1.29, 1.82) is 0 Å². The van der Waals surface area contributed by atoms with E-state index >= 15 is 0 Å². The largest absolute Gasteiger partial charge is 1.00 e. The minimum absolute atomic E-state index is 0. The fourth-order valence-corrected chi connectivity index (χ4v) is 5.69. The van der Waals surface area contributed by atoms with E-state index in [1.807, 2.05) is 30.3 Å². The molecule has 0 atom stereocenters. The van der Waals surface area contributed by atoms with Crippen LogP contribution in [0.2, 0.25) is 0 Å². The Hall–Kier alpha value is 0.299. The average Bonchev–Trinajstić information content (AvgIpc) is 2.56. The average molecular weight is 289 g/mol. The normalized spacial score (nSPS) is 10.4. The topological polar surface area (TPSA) is 0 Å². The van der Waals surface area contributed by atoms with Gasteiger partial charge in [-0.25, -0.2) is 12.1 Å². The first-order valence-electron chi connectivity index (χ1n) is 5.91. The van der Waals surface area contributed by atoms with Crippen LogP contribution in [0.15, 0.2) is 30.3 Å². The molecule has 0 bridgehead atoms. The van der Waals surface area contributed by atoms with E-state index in [2.05, 4.69) is 41.5 Å². The molecule has 2 heteroatoms. The van der Waals surface area contributed by atoms with Crippen molar-refractivity contribution in [3.63, 3.8) is 0 Å². The smallest absolute Gasteiger partial charge is 0.214 e. The van der Waals surface area contributed by atoms with Gasteiger partial charge in [-0.1, -0.05) is 49.5 Å². The first-order valence-corrected chi connectivity index (χ1v) is 7.45. The Kier molecular flexibility index (Phi) is 12.2. The maximum atomic E-state index is 2.35. The minimum atomic E-state index is 0. The van der Waals surface area contributed by atoms with E-state index in [9.17, 15) is 0 Å². The number of rotatable bonds is 3. The van der Waals surface area contributed by atoms with Crippen molar-refractivity contribution in [2.45, 2.75) is 58.5 Å². The van der Waals surface area contributed by atoms with Gasteiger partial charge < -0.3 is 0 Å². The molecule has 0 heterocycles. The van der Waals surface area contributed by atoms with Gasteiger partial charge in [0, 0.05) is 0 Å². The van der Waals surface area contributed by atoms with Gasteiger partial charge >= 0.3 is 17.1 Å². The predicted octanol–water partition coefficient (Wildman–Crippen LogP) is 5.10. The molecule has 0 aliphatic heterocycles. The van der Waals surface area contributed by atoms with Crippen LogP contribution in [0.5, 0.6) is 0 Å². The fourth-order valence-electron chi connectivity index (χ4n) is 2.11. The van der Waals surface area contributed by atoms with E-state index in [1.165, 1.54) is 0 Å². The Labute approximate surface area is 114 Å². The standard InChI is InChI=1S/C9H21P.C5H5.Cu/c1-7(2)10(8(3)4)9(5)6;1-2-4-5-3-1;/h7-9H,1-6H3;1-5H;/q;-1;+1. The second kappa shape index (κ2) is 10.5. The Bertz CT molecular complexity index is 178. The summed E-state index contributed by atoms with van der Waals surface area (Å²) in [6, 6.07) is 10.0. The Morgan fingerprint density at radius 1 is 0.750 bits per heavy atom. The van der Waals surface area contributed by atoms with E-state index in [0.29, 0.717) is 0 Å². The molecule has 0 aromatic heterocycles. The number of hydrogen-bond acceptors (Lipinski definition) is 0. The Balaban J connectivity index is 0. The summed E-state index contributed by atoms with van der Waals surface area (Å²) in [7, 11) is 0.262. The van der Waals surface area contributed by atoms with Gasteiger partial charge in [-0.3, -0.25) is 0 Å². The Morgan fingerprint density at radius 2 is 1.06 bits per heavy atom. The van der Waals surface area contributed by atoms with Crippen LogP contribution >= 0.6 is 7.92 Å². The zero-order valence-corrected chi connectivity index (χ0v) is 13.2. The molecule has 1 aromatic carbocycles. The van der Waals surface area contributed by atoms with E-state index in [4.69, 9.17) is 0 Å². The molecule has 0 nitrogen and oxygen atoms in total. The molecule has 98 valence electrons. The van der Waals surface area contributed by atoms with Crippen molar-refractivity contribution in [3.05, 3.63) is 30.3 Å². The summed E-state index contributed by atoms with van der Waals surface area (Å²) >= 11 is 0. The van der Waals surface area contributed by atoms with Crippen LogP contribution in [0.1, 0.15) is 41.5 Å². The molecule has 0 unspecified atom stereocenters. The third kappa shape index (κ3) is 8.45. The zero-order chi connectivity index (χ0) is 11.8.